The van der Waals surface area contributed by atoms with Crippen molar-refractivity contribution < 1.29 is 22.1 Å². The highest BCUT2D eigenvalue weighted by Gasteiger charge is 2.21. The van der Waals surface area contributed by atoms with E-state index in [9.17, 15) is 17.4 Å². The Morgan fingerprint density at radius 1 is 1.26 bits per heavy atom. The number of halogens is 3. The zero-order valence-electron chi connectivity index (χ0n) is 18.4. The molecule has 1 aliphatic rings. The molecule has 182 valence electrons. The number of alkyl halides is 2. The highest BCUT2D eigenvalue weighted by molar-refractivity contribution is 7.86. The Labute approximate surface area is 201 Å². The van der Waals surface area contributed by atoms with E-state index in [1.165, 1.54) is 30.4 Å². The summed E-state index contributed by atoms with van der Waals surface area (Å²) in [6, 6.07) is 4.58. The van der Waals surface area contributed by atoms with Crippen molar-refractivity contribution in [2.45, 2.75) is 38.5 Å². The molecule has 3 N–H and O–H groups in total. The molecule has 1 aliphatic heterocycles. The van der Waals surface area contributed by atoms with E-state index in [0.29, 0.717) is 16.5 Å². The molecule has 2 atom stereocenters. The monoisotopic (exact) mass is 512 g/mol. The molecule has 4 rings (SSSR count). The molecule has 0 spiro atoms. The third kappa shape index (κ3) is 5.65. The van der Waals surface area contributed by atoms with Crippen LogP contribution >= 0.6 is 11.3 Å². The molecule has 2 aromatic heterocycles. The van der Waals surface area contributed by atoms with Crippen molar-refractivity contribution in [2.75, 3.05) is 23.1 Å². The predicted octanol–water partition coefficient (Wildman–Crippen LogP) is 4.61. The smallest absolute Gasteiger partial charge is 0.330 e. The molecule has 2 unspecified atom stereocenters. The van der Waals surface area contributed by atoms with Gasteiger partial charge in [0, 0.05) is 24.3 Å². The molecule has 8 nitrogen and oxygen atoms in total. The Morgan fingerprint density at radius 3 is 2.82 bits per heavy atom. The molecule has 0 saturated carbocycles. The fourth-order valence-electron chi connectivity index (χ4n) is 3.47. The second-order valence-electron chi connectivity index (χ2n) is 7.63. The molecule has 0 radical (unpaired) electrons. The van der Waals surface area contributed by atoms with Crippen LogP contribution in [0.15, 0.2) is 24.4 Å². The summed E-state index contributed by atoms with van der Waals surface area (Å²) in [6.45, 7) is 5.09. The lowest BCUT2D eigenvalue weighted by Gasteiger charge is -2.23. The number of nitrogens with one attached hydrogen (secondary N) is 3. The van der Waals surface area contributed by atoms with Gasteiger partial charge in [0.05, 0.1) is 16.4 Å². The summed E-state index contributed by atoms with van der Waals surface area (Å²) >= 11 is 1.37. The average molecular weight is 513 g/mol. The summed E-state index contributed by atoms with van der Waals surface area (Å²) in [6.07, 6.45) is 3.75. The minimum Gasteiger partial charge on any atom is -0.437 e. The summed E-state index contributed by atoms with van der Waals surface area (Å²) in [5, 5.41) is 7.39. The Balaban J connectivity index is 1.57. The number of thiazole rings is 1. The fourth-order valence-corrected chi connectivity index (χ4v) is 4.75. The van der Waals surface area contributed by atoms with Crippen LogP contribution in [0.1, 0.15) is 23.4 Å². The predicted molar refractivity (Wildman–Crippen MR) is 126 cm³/mol. The molecule has 0 aliphatic carbocycles. The van der Waals surface area contributed by atoms with Gasteiger partial charge in [0.1, 0.15) is 10.6 Å². The van der Waals surface area contributed by atoms with Crippen LogP contribution in [0.25, 0.3) is 10.6 Å². The van der Waals surface area contributed by atoms with Crippen LogP contribution < -0.4 is 20.1 Å². The first-order chi connectivity index (χ1) is 16.3. The topological polar surface area (TPSA) is 101 Å². The van der Waals surface area contributed by atoms with Crippen LogP contribution in [0.5, 0.6) is 11.6 Å². The van der Waals surface area contributed by atoms with Gasteiger partial charge < -0.3 is 15.4 Å². The Bertz CT molecular complexity index is 1190. The molecule has 0 amide bonds. The van der Waals surface area contributed by atoms with Crippen molar-refractivity contribution in [3.05, 3.63) is 40.8 Å². The van der Waals surface area contributed by atoms with Crippen LogP contribution in [0.2, 0.25) is 0 Å². The van der Waals surface area contributed by atoms with Gasteiger partial charge in [-0.1, -0.05) is 0 Å². The summed E-state index contributed by atoms with van der Waals surface area (Å²) in [5.74, 6) is -3.09. The van der Waals surface area contributed by atoms with Crippen LogP contribution in [-0.2, 0) is 11.0 Å². The lowest BCUT2D eigenvalue weighted by atomic mass is 10.1. The lowest BCUT2D eigenvalue weighted by molar-refractivity contribution is 0.244. The SMILES string of the molecule is Cc1nc(Oc2ccc(NS(=O)C(F)F)c(F)c2C)c(-c2ccnc(NC3CCCNC3)n2)s1. The summed E-state index contributed by atoms with van der Waals surface area (Å²) < 4.78 is 59.0. The first-order valence-electron chi connectivity index (χ1n) is 10.5. The summed E-state index contributed by atoms with van der Waals surface area (Å²) in [7, 11) is -2.72. The van der Waals surface area contributed by atoms with E-state index >= 15 is 0 Å². The van der Waals surface area contributed by atoms with Crippen LogP contribution in [0.3, 0.4) is 0 Å². The summed E-state index contributed by atoms with van der Waals surface area (Å²) in [5.41, 5.74) is 0.357. The van der Waals surface area contributed by atoms with Gasteiger partial charge in [0.15, 0.2) is 16.8 Å². The first-order valence-corrected chi connectivity index (χ1v) is 12.5. The molecular formula is C21H23F3N6O2S2. The highest BCUT2D eigenvalue weighted by Crippen LogP contribution is 2.39. The van der Waals surface area contributed by atoms with Gasteiger partial charge in [-0.3, -0.25) is 4.72 Å². The van der Waals surface area contributed by atoms with Crippen molar-refractivity contribution in [1.82, 2.24) is 20.3 Å². The molecule has 1 saturated heterocycles. The number of aryl methyl sites for hydroxylation is 1. The standard InChI is InChI=1S/C21H23F3N6O2S2/c1-11-16(6-5-14(17(11)22)30-34(31)20(23)24)32-19-18(33-12(2)27-19)15-7-9-26-21(29-15)28-13-4-3-8-25-10-13/h5-7,9,13,20,25,30H,3-4,8,10H2,1-2H3,(H,26,28,29). The largest absolute Gasteiger partial charge is 0.437 e. The quantitative estimate of drug-likeness (QED) is 0.405. The molecular weight excluding hydrogens is 489 g/mol. The van der Waals surface area contributed by atoms with Crippen molar-refractivity contribution in [1.29, 1.82) is 0 Å². The highest BCUT2D eigenvalue weighted by atomic mass is 32.2. The van der Waals surface area contributed by atoms with Gasteiger partial charge in [0.25, 0.3) is 0 Å². The van der Waals surface area contributed by atoms with Crippen molar-refractivity contribution in [3.8, 4) is 22.2 Å². The molecule has 1 aromatic carbocycles. The number of ether oxygens (including phenoxy) is 1. The molecule has 3 aromatic rings. The van der Waals surface area contributed by atoms with Crippen LogP contribution in [0, 0.1) is 19.7 Å². The van der Waals surface area contributed by atoms with E-state index in [1.807, 2.05) is 11.6 Å². The number of benzene rings is 1. The fraction of sp³-hybridized carbons (Fsp3) is 0.381. The van der Waals surface area contributed by atoms with Gasteiger partial charge in [0.2, 0.25) is 11.8 Å². The number of nitrogens with zero attached hydrogens (tertiary/aromatic N) is 3. The minimum absolute atomic E-state index is 0.0581. The van der Waals surface area contributed by atoms with E-state index in [2.05, 4.69) is 25.6 Å². The molecule has 1 fully saturated rings. The molecule has 34 heavy (non-hydrogen) atoms. The van der Waals surface area contributed by atoms with Crippen molar-refractivity contribution in [2.24, 2.45) is 0 Å². The van der Waals surface area contributed by atoms with Gasteiger partial charge in [-0.15, -0.1) is 11.3 Å². The first kappa shape index (κ1) is 24.4. The number of anilines is 2. The maximum absolute atomic E-state index is 14.7. The normalized spacial score (nSPS) is 16.9. The van der Waals surface area contributed by atoms with Crippen LogP contribution in [0.4, 0.5) is 24.8 Å². The zero-order valence-corrected chi connectivity index (χ0v) is 20.0. The van der Waals surface area contributed by atoms with Crippen molar-refractivity contribution >= 4 is 34.0 Å². The molecule has 0 bridgehead atoms. The third-order valence-electron chi connectivity index (χ3n) is 5.14. The van der Waals surface area contributed by atoms with E-state index in [-0.39, 0.29) is 28.9 Å². The second-order valence-corrected chi connectivity index (χ2v) is 9.99. The number of rotatable bonds is 8. The van der Waals surface area contributed by atoms with E-state index < -0.39 is 22.6 Å². The minimum atomic E-state index is -3.14. The third-order valence-corrected chi connectivity index (χ3v) is 6.86. The maximum Gasteiger partial charge on any atom is 0.330 e. The number of hydrogen-bond acceptors (Lipinski definition) is 8. The number of piperidine rings is 1. The van der Waals surface area contributed by atoms with E-state index in [0.717, 1.165) is 30.9 Å². The van der Waals surface area contributed by atoms with E-state index in [4.69, 9.17) is 4.74 Å². The molecule has 3 heterocycles. The number of aromatic nitrogens is 3. The van der Waals surface area contributed by atoms with Gasteiger partial charge in [-0.2, -0.15) is 8.78 Å². The zero-order chi connectivity index (χ0) is 24.2. The molecule has 13 heteroatoms. The van der Waals surface area contributed by atoms with Crippen molar-refractivity contribution in [3.63, 3.8) is 0 Å². The summed E-state index contributed by atoms with van der Waals surface area (Å²) in [4.78, 5) is 14.0. The second kappa shape index (κ2) is 10.7. The number of hydrogen-bond donors (Lipinski definition) is 3. The maximum atomic E-state index is 14.7. The van der Waals surface area contributed by atoms with E-state index in [1.54, 1.807) is 12.3 Å². The Morgan fingerprint density at radius 2 is 2.09 bits per heavy atom. The lowest BCUT2D eigenvalue weighted by Crippen LogP contribution is -2.38. The van der Waals surface area contributed by atoms with Gasteiger partial charge in [-0.05, 0) is 51.4 Å². The Hall–Kier alpha value is -2.77. The Kier molecular flexibility index (Phi) is 7.63. The van der Waals surface area contributed by atoms with Gasteiger partial charge >= 0.3 is 5.76 Å². The van der Waals surface area contributed by atoms with Gasteiger partial charge in [-0.25, -0.2) is 23.6 Å². The van der Waals surface area contributed by atoms with Crippen LogP contribution in [-0.4, -0.2) is 44.0 Å². The average Bonchev–Trinajstić information content (AvgIpc) is 3.19.